The Labute approximate surface area is 116 Å². The molecule has 108 valence electrons. The molecular weight excluding hydrogens is 240 g/mol. The summed E-state index contributed by atoms with van der Waals surface area (Å²) in [7, 11) is 0. The zero-order chi connectivity index (χ0) is 14.4. The lowest BCUT2D eigenvalue weighted by atomic mass is 9.90. The summed E-state index contributed by atoms with van der Waals surface area (Å²) >= 11 is 0. The normalized spacial score (nSPS) is 23.4. The van der Waals surface area contributed by atoms with Crippen molar-refractivity contribution in [3.63, 3.8) is 0 Å². The molecule has 1 aliphatic heterocycles. The molecule has 0 bridgehead atoms. The molecule has 1 heterocycles. The van der Waals surface area contributed by atoms with E-state index in [2.05, 4.69) is 31.6 Å². The Hall–Kier alpha value is -1.12. The van der Waals surface area contributed by atoms with Gasteiger partial charge in [-0.05, 0) is 31.6 Å². The predicted octanol–water partition coefficient (Wildman–Crippen LogP) is 3.87. The topological polar surface area (TPSA) is 43.4 Å². The van der Waals surface area contributed by atoms with Crippen LogP contribution in [0.4, 0.5) is 0 Å². The van der Waals surface area contributed by atoms with E-state index in [9.17, 15) is 9.59 Å². The molecule has 0 N–H and O–H groups in total. The molecule has 0 unspecified atom stereocenters. The van der Waals surface area contributed by atoms with Crippen molar-refractivity contribution in [2.24, 2.45) is 17.8 Å². The first kappa shape index (κ1) is 15.9. The second-order valence-corrected chi connectivity index (χ2v) is 6.02. The molecule has 0 saturated carbocycles. The zero-order valence-electron chi connectivity index (χ0n) is 12.6. The molecule has 1 aliphatic rings. The van der Waals surface area contributed by atoms with Crippen molar-refractivity contribution in [3.8, 4) is 0 Å². The fraction of sp³-hybridized carbons (Fsp3) is 0.750. The lowest BCUT2D eigenvalue weighted by molar-refractivity contribution is -0.153. The maximum Gasteiger partial charge on any atom is 0.317 e. The molecule has 0 aromatic heterocycles. The Balaban J connectivity index is 2.43. The van der Waals surface area contributed by atoms with Crippen LogP contribution < -0.4 is 0 Å². The minimum Gasteiger partial charge on any atom is -0.393 e. The highest BCUT2D eigenvalue weighted by molar-refractivity contribution is 5.94. The van der Waals surface area contributed by atoms with Gasteiger partial charge in [-0.25, -0.2) is 0 Å². The Morgan fingerprint density at radius 1 is 1.42 bits per heavy atom. The summed E-state index contributed by atoms with van der Waals surface area (Å²) in [6, 6.07) is 0. The summed E-state index contributed by atoms with van der Waals surface area (Å²) < 4.78 is 4.57. The van der Waals surface area contributed by atoms with Crippen LogP contribution in [0.1, 0.15) is 59.8 Å². The number of rotatable bonds is 7. The number of esters is 2. The van der Waals surface area contributed by atoms with Crippen LogP contribution in [0.15, 0.2) is 11.6 Å². The summed E-state index contributed by atoms with van der Waals surface area (Å²) in [4.78, 5) is 22.4. The molecule has 3 heteroatoms. The van der Waals surface area contributed by atoms with Gasteiger partial charge >= 0.3 is 11.9 Å². The fourth-order valence-corrected chi connectivity index (χ4v) is 2.93. The van der Waals surface area contributed by atoms with Gasteiger partial charge in [0.05, 0.1) is 12.3 Å². The number of cyclic esters (lactones) is 2. The van der Waals surface area contributed by atoms with Crippen LogP contribution in [-0.4, -0.2) is 11.9 Å². The molecule has 3 atom stereocenters. The van der Waals surface area contributed by atoms with E-state index in [0.29, 0.717) is 12.3 Å². The lowest BCUT2D eigenvalue weighted by Crippen LogP contribution is -2.08. The van der Waals surface area contributed by atoms with Crippen LogP contribution in [0, 0.1) is 17.8 Å². The van der Waals surface area contributed by atoms with Gasteiger partial charge in [-0.2, -0.15) is 0 Å². The molecule has 0 aromatic carbocycles. The average Bonchev–Trinajstić information content (AvgIpc) is 2.56. The van der Waals surface area contributed by atoms with Crippen molar-refractivity contribution in [2.45, 2.75) is 59.8 Å². The summed E-state index contributed by atoms with van der Waals surface area (Å²) in [6.07, 6.45) is 6.80. The molecule has 0 spiro atoms. The van der Waals surface area contributed by atoms with Gasteiger partial charge in [0.25, 0.3) is 0 Å². The van der Waals surface area contributed by atoms with Crippen molar-refractivity contribution >= 4 is 11.9 Å². The van der Waals surface area contributed by atoms with Crippen molar-refractivity contribution in [1.82, 2.24) is 0 Å². The monoisotopic (exact) mass is 266 g/mol. The van der Waals surface area contributed by atoms with Gasteiger partial charge < -0.3 is 4.74 Å². The van der Waals surface area contributed by atoms with E-state index in [0.717, 1.165) is 5.92 Å². The molecule has 19 heavy (non-hydrogen) atoms. The van der Waals surface area contributed by atoms with E-state index in [1.165, 1.54) is 24.8 Å². The highest BCUT2D eigenvalue weighted by Gasteiger charge is 2.33. The van der Waals surface area contributed by atoms with Gasteiger partial charge in [0.2, 0.25) is 0 Å². The standard InChI is InChI=1S/C16H26O3/c1-5-6-11(2)7-12(3)8-13(4)9-14-10-15(17)19-16(14)18/h8,11-12,14H,5-7,9-10H2,1-4H3/b13-8+/t11-,12-,14+/m0/s1. The van der Waals surface area contributed by atoms with Gasteiger partial charge in [-0.1, -0.05) is 45.3 Å². The first-order valence-corrected chi connectivity index (χ1v) is 7.34. The van der Waals surface area contributed by atoms with Crippen LogP contribution in [0.2, 0.25) is 0 Å². The third-order valence-electron chi connectivity index (χ3n) is 3.65. The van der Waals surface area contributed by atoms with Crippen LogP contribution in [-0.2, 0) is 14.3 Å². The number of allylic oxidation sites excluding steroid dienone is 2. The summed E-state index contributed by atoms with van der Waals surface area (Å²) in [5.74, 6) is 0.262. The minimum atomic E-state index is -0.382. The van der Waals surface area contributed by atoms with Gasteiger partial charge in [-0.15, -0.1) is 0 Å². The number of carbonyl (C=O) groups is 2. The lowest BCUT2D eigenvalue weighted by Gasteiger charge is -2.15. The molecule has 1 fully saturated rings. The van der Waals surface area contributed by atoms with E-state index in [-0.39, 0.29) is 24.3 Å². The summed E-state index contributed by atoms with van der Waals surface area (Å²) in [6.45, 7) is 8.76. The Morgan fingerprint density at radius 2 is 2.11 bits per heavy atom. The molecule has 1 saturated heterocycles. The second-order valence-electron chi connectivity index (χ2n) is 6.02. The van der Waals surface area contributed by atoms with Crippen molar-refractivity contribution in [1.29, 1.82) is 0 Å². The number of hydrogen-bond acceptors (Lipinski definition) is 3. The number of hydrogen-bond donors (Lipinski definition) is 0. The van der Waals surface area contributed by atoms with E-state index in [4.69, 9.17) is 0 Å². The first-order valence-electron chi connectivity index (χ1n) is 7.34. The SMILES string of the molecule is CCC[C@H](C)C[C@H](C)/C=C(\C)C[C@@H]1CC(=O)OC1=O. The van der Waals surface area contributed by atoms with Crippen LogP contribution in [0.3, 0.4) is 0 Å². The highest BCUT2D eigenvalue weighted by Crippen LogP contribution is 2.25. The quantitative estimate of drug-likeness (QED) is 0.399. The molecule has 0 aliphatic carbocycles. The smallest absolute Gasteiger partial charge is 0.317 e. The molecule has 0 aromatic rings. The maximum atomic E-state index is 11.4. The van der Waals surface area contributed by atoms with Crippen molar-refractivity contribution in [2.75, 3.05) is 0 Å². The van der Waals surface area contributed by atoms with Crippen LogP contribution in [0.5, 0.6) is 0 Å². The zero-order valence-corrected chi connectivity index (χ0v) is 12.6. The van der Waals surface area contributed by atoms with Gasteiger partial charge in [0, 0.05) is 0 Å². The summed E-state index contributed by atoms with van der Waals surface area (Å²) in [5.41, 5.74) is 1.19. The second kappa shape index (κ2) is 7.46. The van der Waals surface area contributed by atoms with Crippen molar-refractivity contribution in [3.05, 3.63) is 11.6 Å². The Kier molecular flexibility index (Phi) is 6.26. The van der Waals surface area contributed by atoms with Crippen LogP contribution >= 0.6 is 0 Å². The predicted molar refractivity (Wildman–Crippen MR) is 75.4 cm³/mol. The molecule has 1 rings (SSSR count). The average molecular weight is 266 g/mol. The maximum absolute atomic E-state index is 11.4. The molecular formula is C16H26O3. The van der Waals surface area contributed by atoms with E-state index < -0.39 is 0 Å². The summed E-state index contributed by atoms with van der Waals surface area (Å²) in [5, 5.41) is 0. The first-order chi connectivity index (χ1) is 8.92. The molecule has 0 amide bonds. The van der Waals surface area contributed by atoms with Gasteiger partial charge in [0.15, 0.2) is 0 Å². The number of carbonyl (C=O) groups excluding carboxylic acids is 2. The van der Waals surface area contributed by atoms with Gasteiger partial charge in [-0.3, -0.25) is 9.59 Å². The largest absolute Gasteiger partial charge is 0.393 e. The van der Waals surface area contributed by atoms with E-state index in [1.807, 2.05) is 6.92 Å². The minimum absolute atomic E-state index is 0.241. The fourth-order valence-electron chi connectivity index (χ4n) is 2.93. The molecule has 3 nitrogen and oxygen atoms in total. The third-order valence-corrected chi connectivity index (χ3v) is 3.65. The van der Waals surface area contributed by atoms with E-state index >= 15 is 0 Å². The third kappa shape index (κ3) is 5.58. The van der Waals surface area contributed by atoms with Crippen molar-refractivity contribution < 1.29 is 14.3 Å². The van der Waals surface area contributed by atoms with E-state index in [1.54, 1.807) is 0 Å². The van der Waals surface area contributed by atoms with Crippen LogP contribution in [0.25, 0.3) is 0 Å². The van der Waals surface area contributed by atoms with Gasteiger partial charge in [0.1, 0.15) is 0 Å². The Bertz CT molecular complexity index is 357. The Morgan fingerprint density at radius 3 is 2.63 bits per heavy atom. The molecule has 0 radical (unpaired) electrons. The number of ether oxygens (including phenoxy) is 1. The highest BCUT2D eigenvalue weighted by atomic mass is 16.6.